The molecule has 1 aliphatic carbocycles. The molecular formula is C42H48ClFN6O6S. The Balaban J connectivity index is 1.20. The summed E-state index contributed by atoms with van der Waals surface area (Å²) in [6.07, 6.45) is 3.82. The summed E-state index contributed by atoms with van der Waals surface area (Å²) in [5.74, 6) is -1.91. The van der Waals surface area contributed by atoms with Crippen LogP contribution in [0, 0.1) is 21.3 Å². The van der Waals surface area contributed by atoms with Crippen molar-refractivity contribution in [1.82, 2.24) is 14.9 Å². The van der Waals surface area contributed by atoms with E-state index in [4.69, 9.17) is 16.3 Å². The number of benzene rings is 4. The first-order valence-corrected chi connectivity index (χ1v) is 20.8. The molecular weight excluding hydrogens is 771 g/mol. The van der Waals surface area contributed by atoms with Crippen molar-refractivity contribution < 1.29 is 27.3 Å². The van der Waals surface area contributed by atoms with Gasteiger partial charge in [-0.1, -0.05) is 55.3 Å². The molecule has 4 aromatic carbocycles. The average molecular weight is 819 g/mol. The van der Waals surface area contributed by atoms with Gasteiger partial charge < -0.3 is 20.3 Å². The van der Waals surface area contributed by atoms with Crippen molar-refractivity contribution in [2.45, 2.75) is 44.4 Å². The van der Waals surface area contributed by atoms with Gasteiger partial charge in [-0.2, -0.15) is 0 Å². The van der Waals surface area contributed by atoms with E-state index in [9.17, 15) is 27.7 Å². The zero-order valence-corrected chi connectivity index (χ0v) is 33.9. The molecule has 4 aromatic rings. The Bertz CT molecular complexity index is 2240. The summed E-state index contributed by atoms with van der Waals surface area (Å²) in [5.41, 5.74) is 4.50. The van der Waals surface area contributed by atoms with Gasteiger partial charge in [-0.3, -0.25) is 19.8 Å². The number of rotatable bonds is 15. The van der Waals surface area contributed by atoms with Crippen LogP contribution in [0.3, 0.4) is 0 Å². The normalized spacial score (nSPS) is 16.0. The molecule has 6 rings (SSSR count). The number of piperazine rings is 1. The van der Waals surface area contributed by atoms with Gasteiger partial charge in [-0.25, -0.2) is 17.5 Å². The molecule has 3 N–H and O–H groups in total. The molecule has 2 aliphatic rings. The third-order valence-electron chi connectivity index (χ3n) is 10.4. The van der Waals surface area contributed by atoms with E-state index in [0.717, 1.165) is 45.0 Å². The largest absolute Gasteiger partial charge is 0.453 e. The van der Waals surface area contributed by atoms with Crippen LogP contribution in [-0.4, -0.2) is 77.0 Å². The van der Waals surface area contributed by atoms with Crippen molar-refractivity contribution in [3.8, 4) is 11.5 Å². The molecule has 0 spiro atoms. The first-order chi connectivity index (χ1) is 27.2. The molecule has 0 radical (unpaired) electrons. The van der Waals surface area contributed by atoms with Gasteiger partial charge >= 0.3 is 0 Å². The Morgan fingerprint density at radius 2 is 1.70 bits per heavy atom. The fourth-order valence-electron chi connectivity index (χ4n) is 7.23. The van der Waals surface area contributed by atoms with Gasteiger partial charge in [0.05, 0.1) is 15.4 Å². The first-order valence-electron chi connectivity index (χ1n) is 19.0. The van der Waals surface area contributed by atoms with Crippen LogP contribution in [0.5, 0.6) is 11.5 Å². The molecule has 1 saturated heterocycles. The minimum absolute atomic E-state index is 0.0533. The Kier molecular flexibility index (Phi) is 13.2. The summed E-state index contributed by atoms with van der Waals surface area (Å²) in [4.78, 5) is 29.0. The molecule has 0 unspecified atom stereocenters. The molecule has 0 atom stereocenters. The van der Waals surface area contributed by atoms with Crippen LogP contribution < -0.4 is 25.0 Å². The number of para-hydroxylation sites is 1. The number of anilines is 2. The molecule has 1 amide bonds. The highest BCUT2D eigenvalue weighted by molar-refractivity contribution is 7.90. The number of carbonyl (C=O) groups is 1. The molecule has 0 bridgehead atoms. The fraction of sp³-hybridized carbons (Fsp3) is 0.357. The molecule has 0 saturated carbocycles. The molecule has 1 heterocycles. The molecule has 1 fully saturated rings. The summed E-state index contributed by atoms with van der Waals surface area (Å²) in [7, 11) is -2.79. The number of sulfonamides is 1. The number of amides is 1. The lowest BCUT2D eigenvalue weighted by molar-refractivity contribution is -0.384. The second-order valence-corrected chi connectivity index (χ2v) is 17.3. The van der Waals surface area contributed by atoms with Crippen LogP contribution in [0.15, 0.2) is 95.4 Å². The summed E-state index contributed by atoms with van der Waals surface area (Å²) in [6.45, 7) is 9.50. The number of nitrogens with one attached hydrogen (secondary N) is 3. The van der Waals surface area contributed by atoms with Crippen LogP contribution in [0.4, 0.5) is 21.5 Å². The van der Waals surface area contributed by atoms with E-state index in [1.807, 2.05) is 16.9 Å². The summed E-state index contributed by atoms with van der Waals surface area (Å²) < 4.78 is 49.7. The van der Waals surface area contributed by atoms with E-state index in [1.165, 1.54) is 53.1 Å². The molecule has 1 aliphatic heterocycles. The van der Waals surface area contributed by atoms with Crippen molar-refractivity contribution in [2.24, 2.45) is 5.41 Å². The van der Waals surface area contributed by atoms with Crippen molar-refractivity contribution in [2.75, 3.05) is 63.1 Å². The minimum atomic E-state index is -4.58. The van der Waals surface area contributed by atoms with Gasteiger partial charge in [0.2, 0.25) is 0 Å². The van der Waals surface area contributed by atoms with E-state index in [-0.39, 0.29) is 28.2 Å². The van der Waals surface area contributed by atoms with Gasteiger partial charge in [0, 0.05) is 62.1 Å². The second-order valence-electron chi connectivity index (χ2n) is 15.2. The van der Waals surface area contributed by atoms with Crippen molar-refractivity contribution in [3.05, 3.63) is 123 Å². The van der Waals surface area contributed by atoms with Gasteiger partial charge in [-0.05, 0) is 104 Å². The van der Waals surface area contributed by atoms with E-state index >= 15 is 0 Å². The predicted molar refractivity (Wildman–Crippen MR) is 222 cm³/mol. The summed E-state index contributed by atoms with van der Waals surface area (Å²) in [5, 5.41) is 18.5. The van der Waals surface area contributed by atoms with Gasteiger partial charge in [-0.15, -0.1) is 0 Å². The number of hydrogen-bond acceptors (Lipinski definition) is 10. The predicted octanol–water partition coefficient (Wildman–Crippen LogP) is 8.11. The SMILES string of the molecule is CNCCCNc1ccc(S(=O)(=O)NC(=O)c2ccc(N3CCN(CC4=C(c5ccc(Cl)cc5)CC(C)(C)CC4)CC3)cc2Oc2ccccc2F)cc1[N+](=O)[O-]. The maximum Gasteiger partial charge on any atom is 0.293 e. The number of hydrogen-bond donors (Lipinski definition) is 3. The maximum absolute atomic E-state index is 14.8. The molecule has 57 heavy (non-hydrogen) atoms. The van der Waals surface area contributed by atoms with E-state index in [1.54, 1.807) is 25.2 Å². The molecule has 12 nitrogen and oxygen atoms in total. The minimum Gasteiger partial charge on any atom is -0.453 e. The van der Waals surface area contributed by atoms with Crippen LogP contribution >= 0.6 is 11.6 Å². The number of nitrogens with zero attached hydrogens (tertiary/aromatic N) is 3. The highest BCUT2D eigenvalue weighted by Crippen LogP contribution is 2.43. The standard InChI is InChI=1S/C42H48ClFN6O6S/c1-42(2)18-17-30(35(27-42)29-9-11-31(43)12-10-29)28-48-21-23-49(24-22-48)32-13-15-34(40(25-32)56-39-8-5-4-7-36(39)44)41(51)47-57(54,55)33-14-16-37(38(26-33)50(52)53)46-20-6-19-45-3/h4-5,7-16,25-26,45-46H,6,17-24,27-28H2,1-3H3,(H,47,51). The summed E-state index contributed by atoms with van der Waals surface area (Å²) >= 11 is 6.21. The number of halogens is 2. The first kappa shape index (κ1) is 41.6. The highest BCUT2D eigenvalue weighted by atomic mass is 35.5. The molecule has 15 heteroatoms. The zero-order valence-electron chi connectivity index (χ0n) is 32.3. The molecule has 0 aromatic heterocycles. The Morgan fingerprint density at radius 3 is 2.40 bits per heavy atom. The van der Waals surface area contributed by atoms with Gasteiger partial charge in [0.1, 0.15) is 11.4 Å². The van der Waals surface area contributed by atoms with Crippen molar-refractivity contribution in [1.29, 1.82) is 0 Å². The van der Waals surface area contributed by atoms with E-state index in [2.05, 4.69) is 46.4 Å². The number of nitro groups is 1. The quantitative estimate of drug-likeness (QED) is 0.0611. The highest BCUT2D eigenvalue weighted by Gasteiger charge is 2.30. The third-order valence-corrected chi connectivity index (χ3v) is 12.0. The smallest absolute Gasteiger partial charge is 0.293 e. The second kappa shape index (κ2) is 18.1. The number of carbonyl (C=O) groups excluding carboxylic acids is 1. The van der Waals surface area contributed by atoms with Crippen molar-refractivity contribution >= 4 is 50.2 Å². The van der Waals surface area contributed by atoms with Crippen LogP contribution in [0.1, 0.15) is 55.5 Å². The van der Waals surface area contributed by atoms with Crippen LogP contribution in [-0.2, 0) is 10.0 Å². The number of ether oxygens (including phenoxy) is 1. The van der Waals surface area contributed by atoms with Crippen LogP contribution in [0.2, 0.25) is 5.02 Å². The number of nitro benzene ring substituents is 1. The lowest BCUT2D eigenvalue weighted by atomic mass is 9.72. The van der Waals surface area contributed by atoms with E-state index in [0.29, 0.717) is 43.3 Å². The maximum atomic E-state index is 14.8. The average Bonchev–Trinajstić information content (AvgIpc) is 3.18. The Labute approximate surface area is 338 Å². The Hall–Kier alpha value is -5.02. The van der Waals surface area contributed by atoms with E-state index < -0.39 is 37.3 Å². The lowest BCUT2D eigenvalue weighted by Gasteiger charge is -2.39. The van der Waals surface area contributed by atoms with Gasteiger partial charge in [0.15, 0.2) is 11.6 Å². The van der Waals surface area contributed by atoms with Crippen molar-refractivity contribution in [3.63, 3.8) is 0 Å². The zero-order chi connectivity index (χ0) is 40.7. The topological polar surface area (TPSA) is 146 Å². The molecule has 302 valence electrons. The summed E-state index contributed by atoms with van der Waals surface area (Å²) in [6, 6.07) is 21.9. The number of allylic oxidation sites excluding steroid dienone is 1. The van der Waals surface area contributed by atoms with Gasteiger partial charge in [0.25, 0.3) is 21.6 Å². The monoisotopic (exact) mass is 818 g/mol. The Morgan fingerprint density at radius 1 is 0.965 bits per heavy atom. The third kappa shape index (κ3) is 10.5. The van der Waals surface area contributed by atoms with Crippen LogP contribution in [0.25, 0.3) is 5.57 Å². The lowest BCUT2D eigenvalue weighted by Crippen LogP contribution is -2.47. The fourth-order valence-corrected chi connectivity index (χ4v) is 8.34.